The lowest BCUT2D eigenvalue weighted by Crippen LogP contribution is -2.39. The number of aryl methyl sites for hydroxylation is 1. The molecule has 0 unspecified atom stereocenters. The lowest BCUT2D eigenvalue weighted by atomic mass is 9.91. The van der Waals surface area contributed by atoms with Crippen molar-refractivity contribution in [2.24, 2.45) is 0 Å². The number of pyridine rings is 1. The Kier molecular flexibility index (Phi) is 5.84. The molecule has 1 amide bonds. The Labute approximate surface area is 194 Å². The number of rotatable bonds is 6. The zero-order valence-corrected chi connectivity index (χ0v) is 19.0. The van der Waals surface area contributed by atoms with Gasteiger partial charge in [-0.1, -0.05) is 0 Å². The molecular weight excluding hydrogens is 442 g/mol. The molecule has 0 aliphatic heterocycles. The monoisotopic (exact) mass is 468 g/mol. The number of H-pyrrole nitrogens is 1. The van der Waals surface area contributed by atoms with E-state index < -0.39 is 13.0 Å². The summed E-state index contributed by atoms with van der Waals surface area (Å²) in [5.41, 5.74) is 3.30. The standard InChI is InChI=1S/C23H26F2N8O/c1-12-29-22-19(33(12)11-20(24)25)7-14(8-26-22)17-9-27-21-18(17)10-28-23(32-21)31-16-5-3-15(4-6-16)30-13(2)34/h7-10,15-16,20H,3-6,11H2,1-2H3,(H,30,34)(H2,27,28,31,32)/t15-,16+. The van der Waals surface area contributed by atoms with Gasteiger partial charge in [-0.15, -0.1) is 0 Å². The average molecular weight is 469 g/mol. The molecule has 11 heteroatoms. The number of nitrogens with zero attached hydrogens (tertiary/aromatic N) is 5. The fourth-order valence-corrected chi connectivity index (χ4v) is 4.70. The third kappa shape index (κ3) is 4.42. The van der Waals surface area contributed by atoms with E-state index in [1.807, 2.05) is 12.3 Å². The summed E-state index contributed by atoms with van der Waals surface area (Å²) in [4.78, 5) is 32.2. The number of amides is 1. The molecule has 4 aromatic rings. The van der Waals surface area contributed by atoms with E-state index in [4.69, 9.17) is 0 Å². The number of nitrogens with one attached hydrogen (secondary N) is 3. The maximum absolute atomic E-state index is 13.1. The minimum absolute atomic E-state index is 0.00991. The van der Waals surface area contributed by atoms with Crippen LogP contribution in [0.4, 0.5) is 14.7 Å². The van der Waals surface area contributed by atoms with Crippen LogP contribution in [0.25, 0.3) is 33.3 Å². The van der Waals surface area contributed by atoms with Crippen LogP contribution in [-0.2, 0) is 11.3 Å². The van der Waals surface area contributed by atoms with Gasteiger partial charge >= 0.3 is 0 Å². The highest BCUT2D eigenvalue weighted by atomic mass is 19.3. The van der Waals surface area contributed by atoms with Gasteiger partial charge in [0, 0.05) is 54.1 Å². The number of aromatic amines is 1. The Morgan fingerprint density at radius 2 is 1.94 bits per heavy atom. The van der Waals surface area contributed by atoms with E-state index in [-0.39, 0.29) is 18.0 Å². The first kappa shape index (κ1) is 22.2. The average Bonchev–Trinajstić information content (AvgIpc) is 3.34. The van der Waals surface area contributed by atoms with Crippen molar-refractivity contribution in [2.75, 3.05) is 5.32 Å². The van der Waals surface area contributed by atoms with E-state index in [1.54, 1.807) is 26.2 Å². The normalized spacial score (nSPS) is 18.6. The summed E-state index contributed by atoms with van der Waals surface area (Å²) >= 11 is 0. The van der Waals surface area contributed by atoms with Crippen LogP contribution in [0.15, 0.2) is 24.7 Å². The molecule has 0 radical (unpaired) electrons. The van der Waals surface area contributed by atoms with Crippen LogP contribution in [0.5, 0.6) is 0 Å². The molecule has 5 rings (SSSR count). The fraction of sp³-hybridized carbons (Fsp3) is 0.435. The van der Waals surface area contributed by atoms with Crippen molar-refractivity contribution in [2.45, 2.75) is 64.6 Å². The second-order valence-electron chi connectivity index (χ2n) is 8.78. The summed E-state index contributed by atoms with van der Waals surface area (Å²) in [6, 6.07) is 2.31. The van der Waals surface area contributed by atoms with Gasteiger partial charge in [0.05, 0.1) is 12.1 Å². The number of carbonyl (C=O) groups is 1. The Balaban J connectivity index is 1.36. The van der Waals surface area contributed by atoms with Crippen LogP contribution in [0, 0.1) is 6.92 Å². The molecule has 1 aliphatic carbocycles. The first-order valence-electron chi connectivity index (χ1n) is 11.4. The molecule has 9 nitrogen and oxygen atoms in total. The summed E-state index contributed by atoms with van der Waals surface area (Å²) in [5, 5.41) is 7.20. The maximum Gasteiger partial charge on any atom is 0.256 e. The van der Waals surface area contributed by atoms with Gasteiger partial charge < -0.3 is 20.2 Å². The molecule has 4 heterocycles. The molecule has 1 fully saturated rings. The maximum atomic E-state index is 13.1. The van der Waals surface area contributed by atoms with Crippen LogP contribution in [0.1, 0.15) is 38.4 Å². The molecule has 178 valence electrons. The number of fused-ring (bicyclic) bond motifs is 2. The van der Waals surface area contributed by atoms with Crippen molar-refractivity contribution >= 4 is 34.1 Å². The molecular formula is C23H26F2N8O. The molecule has 3 N–H and O–H groups in total. The third-order valence-electron chi connectivity index (χ3n) is 6.33. The Morgan fingerprint density at radius 3 is 2.68 bits per heavy atom. The van der Waals surface area contributed by atoms with Crippen LogP contribution in [-0.4, -0.2) is 53.9 Å². The molecule has 1 saturated carbocycles. The van der Waals surface area contributed by atoms with E-state index in [0.717, 1.165) is 42.2 Å². The number of alkyl halides is 2. The van der Waals surface area contributed by atoms with E-state index in [0.29, 0.717) is 28.6 Å². The summed E-state index contributed by atoms with van der Waals surface area (Å²) in [7, 11) is 0. The van der Waals surface area contributed by atoms with Gasteiger partial charge in [0.15, 0.2) is 5.65 Å². The number of carbonyl (C=O) groups excluding carboxylic acids is 1. The van der Waals surface area contributed by atoms with Crippen molar-refractivity contribution in [3.8, 4) is 11.1 Å². The zero-order valence-electron chi connectivity index (χ0n) is 19.0. The number of hydrogen-bond acceptors (Lipinski definition) is 6. The Morgan fingerprint density at radius 1 is 1.18 bits per heavy atom. The quantitative estimate of drug-likeness (QED) is 0.397. The number of halogens is 2. The Hall–Kier alpha value is -3.63. The van der Waals surface area contributed by atoms with E-state index in [1.165, 1.54) is 4.57 Å². The lowest BCUT2D eigenvalue weighted by molar-refractivity contribution is -0.119. The molecule has 0 atom stereocenters. The van der Waals surface area contributed by atoms with Crippen molar-refractivity contribution in [3.63, 3.8) is 0 Å². The summed E-state index contributed by atoms with van der Waals surface area (Å²) in [6.07, 6.45) is 6.49. The van der Waals surface area contributed by atoms with Crippen molar-refractivity contribution in [1.82, 2.24) is 34.8 Å². The molecule has 4 aromatic heterocycles. The van der Waals surface area contributed by atoms with Crippen molar-refractivity contribution < 1.29 is 13.6 Å². The van der Waals surface area contributed by atoms with E-state index in [2.05, 4.69) is 35.6 Å². The molecule has 0 spiro atoms. The van der Waals surface area contributed by atoms with E-state index in [9.17, 15) is 13.6 Å². The van der Waals surface area contributed by atoms with Gasteiger partial charge in [-0.3, -0.25) is 4.79 Å². The van der Waals surface area contributed by atoms with Crippen molar-refractivity contribution in [3.05, 3.63) is 30.5 Å². The predicted octanol–water partition coefficient (Wildman–Crippen LogP) is 3.80. The number of imidazole rings is 1. The smallest absolute Gasteiger partial charge is 0.256 e. The largest absolute Gasteiger partial charge is 0.354 e. The van der Waals surface area contributed by atoms with E-state index >= 15 is 0 Å². The molecule has 0 bridgehead atoms. The second-order valence-corrected chi connectivity index (χ2v) is 8.78. The zero-order chi connectivity index (χ0) is 23.8. The third-order valence-corrected chi connectivity index (χ3v) is 6.33. The van der Waals surface area contributed by atoms with Crippen LogP contribution in [0.2, 0.25) is 0 Å². The summed E-state index contributed by atoms with van der Waals surface area (Å²) in [5.74, 6) is 1.06. The number of hydrogen-bond donors (Lipinski definition) is 3. The highest BCUT2D eigenvalue weighted by Crippen LogP contribution is 2.30. The number of aromatic nitrogens is 6. The summed E-state index contributed by atoms with van der Waals surface area (Å²) < 4.78 is 27.6. The fourth-order valence-electron chi connectivity index (χ4n) is 4.70. The first-order valence-corrected chi connectivity index (χ1v) is 11.4. The lowest BCUT2D eigenvalue weighted by Gasteiger charge is -2.29. The summed E-state index contributed by atoms with van der Waals surface area (Å²) in [6.45, 7) is 2.82. The molecule has 0 aromatic carbocycles. The van der Waals surface area contributed by atoms with Gasteiger partial charge in [-0.25, -0.2) is 23.7 Å². The van der Waals surface area contributed by atoms with Gasteiger partial charge in [0.2, 0.25) is 11.9 Å². The van der Waals surface area contributed by atoms with Crippen LogP contribution >= 0.6 is 0 Å². The van der Waals surface area contributed by atoms with Crippen molar-refractivity contribution in [1.29, 1.82) is 0 Å². The van der Waals surface area contributed by atoms with Crippen LogP contribution < -0.4 is 10.6 Å². The molecule has 34 heavy (non-hydrogen) atoms. The molecule has 0 saturated heterocycles. The van der Waals surface area contributed by atoms with Crippen LogP contribution in [0.3, 0.4) is 0 Å². The van der Waals surface area contributed by atoms with Gasteiger partial charge in [0.1, 0.15) is 11.5 Å². The van der Waals surface area contributed by atoms with Gasteiger partial charge in [0.25, 0.3) is 6.43 Å². The topological polar surface area (TPSA) is 113 Å². The first-order chi connectivity index (χ1) is 16.4. The SMILES string of the molecule is CC(=O)N[C@H]1CC[C@@H](Nc2ncc3c(-c4cnc5nc(C)n(CC(F)F)c5c4)c[nH]c3n2)CC1. The van der Waals surface area contributed by atoms with Gasteiger partial charge in [-0.05, 0) is 38.7 Å². The number of anilines is 1. The predicted molar refractivity (Wildman–Crippen MR) is 125 cm³/mol. The minimum Gasteiger partial charge on any atom is -0.354 e. The highest BCUT2D eigenvalue weighted by Gasteiger charge is 2.22. The minimum atomic E-state index is -2.48. The van der Waals surface area contributed by atoms with Gasteiger partial charge in [-0.2, -0.15) is 4.98 Å². The molecule has 1 aliphatic rings. The Bertz CT molecular complexity index is 1340. The second kappa shape index (κ2) is 8.96. The highest BCUT2D eigenvalue weighted by molar-refractivity contribution is 5.95.